The Labute approximate surface area is 141 Å². The molecule has 2 aromatic rings. The Morgan fingerprint density at radius 1 is 1.39 bits per heavy atom. The van der Waals surface area contributed by atoms with Gasteiger partial charge in [0.15, 0.2) is 5.69 Å². The predicted molar refractivity (Wildman–Crippen MR) is 90.9 cm³/mol. The van der Waals surface area contributed by atoms with E-state index in [1.54, 1.807) is 24.3 Å². The molecule has 1 aliphatic rings. The van der Waals surface area contributed by atoms with Crippen molar-refractivity contribution in [3.63, 3.8) is 0 Å². The van der Waals surface area contributed by atoms with Gasteiger partial charge in [0.25, 0.3) is 5.91 Å². The number of halogens is 1. The van der Waals surface area contributed by atoms with E-state index in [0.29, 0.717) is 22.3 Å². The summed E-state index contributed by atoms with van der Waals surface area (Å²) in [6.07, 6.45) is 2.75. The number of nitrogens with one attached hydrogen (secondary N) is 1. The number of anilines is 1. The van der Waals surface area contributed by atoms with E-state index in [-0.39, 0.29) is 11.3 Å². The molecule has 1 atom stereocenters. The lowest BCUT2D eigenvalue weighted by Crippen LogP contribution is -2.27. The van der Waals surface area contributed by atoms with Crippen molar-refractivity contribution < 1.29 is 9.32 Å². The van der Waals surface area contributed by atoms with Gasteiger partial charge in [0, 0.05) is 22.7 Å². The van der Waals surface area contributed by atoms with E-state index in [1.165, 1.54) is 0 Å². The predicted octanol–water partition coefficient (Wildman–Crippen LogP) is 4.73. The summed E-state index contributed by atoms with van der Waals surface area (Å²) in [5.41, 5.74) is 2.21. The molecule has 0 spiro atoms. The van der Waals surface area contributed by atoms with Gasteiger partial charge < -0.3 is 9.84 Å². The van der Waals surface area contributed by atoms with Crippen molar-refractivity contribution >= 4 is 23.2 Å². The van der Waals surface area contributed by atoms with Crippen LogP contribution in [0, 0.1) is 11.3 Å². The first-order valence-electron chi connectivity index (χ1n) is 7.89. The van der Waals surface area contributed by atoms with Crippen LogP contribution in [0.5, 0.6) is 0 Å². The standard InChI is InChI=1S/C18H21ClN2O2/c1-18(2,3)11-7-8-15-14(9-11)16(21-23-15)17(22)20-13-6-4-5-12(19)10-13/h4-6,10-11H,7-9H2,1-3H3,(H,20,22)/t11-/m1/s1. The average molecular weight is 333 g/mol. The fourth-order valence-electron chi connectivity index (χ4n) is 3.08. The molecule has 0 unspecified atom stereocenters. The van der Waals surface area contributed by atoms with Crippen LogP contribution in [0.1, 0.15) is 49.0 Å². The molecule has 5 heteroatoms. The largest absolute Gasteiger partial charge is 0.360 e. The highest BCUT2D eigenvalue weighted by Crippen LogP contribution is 2.38. The maximum atomic E-state index is 12.5. The quantitative estimate of drug-likeness (QED) is 0.864. The van der Waals surface area contributed by atoms with Gasteiger partial charge in [-0.05, 0) is 42.4 Å². The zero-order chi connectivity index (χ0) is 16.6. The van der Waals surface area contributed by atoms with Crippen molar-refractivity contribution in [2.75, 3.05) is 5.32 Å². The van der Waals surface area contributed by atoms with E-state index < -0.39 is 0 Å². The Bertz CT molecular complexity index is 731. The smallest absolute Gasteiger partial charge is 0.278 e. The summed E-state index contributed by atoms with van der Waals surface area (Å²) in [6, 6.07) is 7.08. The highest BCUT2D eigenvalue weighted by molar-refractivity contribution is 6.30. The minimum Gasteiger partial charge on any atom is -0.360 e. The number of nitrogens with zero attached hydrogens (tertiary/aromatic N) is 1. The first-order valence-corrected chi connectivity index (χ1v) is 8.27. The molecule has 122 valence electrons. The van der Waals surface area contributed by atoms with Crippen LogP contribution in [0.3, 0.4) is 0 Å². The van der Waals surface area contributed by atoms with Gasteiger partial charge >= 0.3 is 0 Å². The third kappa shape index (κ3) is 3.42. The van der Waals surface area contributed by atoms with Gasteiger partial charge in [0.2, 0.25) is 0 Å². The zero-order valence-electron chi connectivity index (χ0n) is 13.6. The van der Waals surface area contributed by atoms with Gasteiger partial charge in [-0.3, -0.25) is 4.79 Å². The van der Waals surface area contributed by atoms with Crippen LogP contribution in [-0.2, 0) is 12.8 Å². The lowest BCUT2D eigenvalue weighted by atomic mass is 9.71. The van der Waals surface area contributed by atoms with Crippen LogP contribution in [0.15, 0.2) is 28.8 Å². The van der Waals surface area contributed by atoms with E-state index in [4.69, 9.17) is 16.1 Å². The first kappa shape index (κ1) is 16.1. The molecule has 1 aromatic heterocycles. The van der Waals surface area contributed by atoms with Crippen LogP contribution in [0.4, 0.5) is 5.69 Å². The molecule has 0 bridgehead atoms. The van der Waals surface area contributed by atoms with Gasteiger partial charge in [-0.1, -0.05) is 43.6 Å². The third-order valence-electron chi connectivity index (χ3n) is 4.56. The number of benzene rings is 1. The SMILES string of the molecule is CC(C)(C)[C@@H]1CCc2onc(C(=O)Nc3cccc(Cl)c3)c2C1. The monoisotopic (exact) mass is 332 g/mol. The summed E-state index contributed by atoms with van der Waals surface area (Å²) >= 11 is 5.95. The normalized spacial score (nSPS) is 17.7. The van der Waals surface area contributed by atoms with Gasteiger partial charge in [-0.25, -0.2) is 0 Å². The number of carbonyl (C=O) groups is 1. The van der Waals surface area contributed by atoms with E-state index in [1.807, 2.05) is 0 Å². The number of aryl methyl sites for hydroxylation is 1. The van der Waals surface area contributed by atoms with Crippen molar-refractivity contribution in [1.29, 1.82) is 0 Å². The number of fused-ring (bicyclic) bond motifs is 1. The van der Waals surface area contributed by atoms with Crippen molar-refractivity contribution in [3.8, 4) is 0 Å². The second-order valence-electron chi connectivity index (χ2n) is 7.20. The Morgan fingerprint density at radius 3 is 2.87 bits per heavy atom. The molecule has 1 heterocycles. The molecular weight excluding hydrogens is 312 g/mol. The summed E-state index contributed by atoms with van der Waals surface area (Å²) in [5.74, 6) is 1.13. The number of rotatable bonds is 2. The summed E-state index contributed by atoms with van der Waals surface area (Å²) in [6.45, 7) is 6.71. The van der Waals surface area contributed by atoms with E-state index >= 15 is 0 Å². The molecule has 0 radical (unpaired) electrons. The number of carbonyl (C=O) groups excluding carboxylic acids is 1. The topological polar surface area (TPSA) is 55.1 Å². The van der Waals surface area contributed by atoms with E-state index in [9.17, 15) is 4.79 Å². The Hall–Kier alpha value is -1.81. The van der Waals surface area contributed by atoms with Crippen LogP contribution in [0.25, 0.3) is 0 Å². The summed E-state index contributed by atoms with van der Waals surface area (Å²) in [7, 11) is 0. The van der Waals surface area contributed by atoms with Crippen molar-refractivity contribution in [2.45, 2.75) is 40.0 Å². The minimum atomic E-state index is -0.244. The number of hydrogen-bond acceptors (Lipinski definition) is 3. The Balaban J connectivity index is 1.82. The van der Waals surface area contributed by atoms with Crippen molar-refractivity contribution in [3.05, 3.63) is 46.3 Å². The second kappa shape index (κ2) is 6.00. The molecule has 1 aromatic carbocycles. The minimum absolute atomic E-state index is 0.204. The van der Waals surface area contributed by atoms with Crippen LogP contribution in [0.2, 0.25) is 5.02 Å². The molecule has 0 aliphatic heterocycles. The molecule has 0 saturated heterocycles. The lowest BCUT2D eigenvalue weighted by Gasteiger charge is -2.33. The van der Waals surface area contributed by atoms with Crippen molar-refractivity contribution in [1.82, 2.24) is 5.16 Å². The molecule has 0 fully saturated rings. The lowest BCUT2D eigenvalue weighted by molar-refractivity contribution is 0.101. The Kier molecular flexibility index (Phi) is 4.19. The number of amides is 1. The third-order valence-corrected chi connectivity index (χ3v) is 4.80. The molecular formula is C18H21ClN2O2. The molecule has 1 amide bonds. The highest BCUT2D eigenvalue weighted by Gasteiger charge is 2.34. The van der Waals surface area contributed by atoms with Crippen molar-refractivity contribution in [2.24, 2.45) is 11.3 Å². The number of hydrogen-bond donors (Lipinski definition) is 1. The fraction of sp³-hybridized carbons (Fsp3) is 0.444. The van der Waals surface area contributed by atoms with E-state index in [2.05, 4.69) is 31.2 Å². The molecule has 0 saturated carbocycles. The summed E-state index contributed by atoms with van der Waals surface area (Å²) in [5, 5.41) is 7.44. The number of aromatic nitrogens is 1. The second-order valence-corrected chi connectivity index (χ2v) is 7.64. The Morgan fingerprint density at radius 2 is 2.17 bits per heavy atom. The fourth-order valence-corrected chi connectivity index (χ4v) is 3.27. The van der Waals surface area contributed by atoms with Crippen LogP contribution in [-0.4, -0.2) is 11.1 Å². The molecule has 4 nitrogen and oxygen atoms in total. The van der Waals surface area contributed by atoms with Gasteiger partial charge in [0.05, 0.1) is 0 Å². The highest BCUT2D eigenvalue weighted by atomic mass is 35.5. The molecule has 1 aliphatic carbocycles. The van der Waals surface area contributed by atoms with Crippen LogP contribution >= 0.6 is 11.6 Å². The average Bonchev–Trinajstić information content (AvgIpc) is 2.89. The van der Waals surface area contributed by atoms with E-state index in [0.717, 1.165) is 30.6 Å². The maximum Gasteiger partial charge on any atom is 0.278 e. The maximum absolute atomic E-state index is 12.5. The van der Waals surface area contributed by atoms with Gasteiger partial charge in [0.1, 0.15) is 5.76 Å². The molecule has 23 heavy (non-hydrogen) atoms. The summed E-state index contributed by atoms with van der Waals surface area (Å²) < 4.78 is 5.39. The van der Waals surface area contributed by atoms with Crippen LogP contribution < -0.4 is 5.32 Å². The zero-order valence-corrected chi connectivity index (χ0v) is 14.4. The van der Waals surface area contributed by atoms with Gasteiger partial charge in [-0.2, -0.15) is 0 Å². The first-order chi connectivity index (χ1) is 10.8. The summed E-state index contributed by atoms with van der Waals surface area (Å²) in [4.78, 5) is 12.5. The molecule has 3 rings (SSSR count). The van der Waals surface area contributed by atoms with Gasteiger partial charge in [-0.15, -0.1) is 0 Å². The molecule has 1 N–H and O–H groups in total.